The Kier molecular flexibility index (Phi) is 6.54. The average molecular weight is 394 g/mol. The molecular weight excluding hydrogens is 373 g/mol. The van der Waals surface area contributed by atoms with Gasteiger partial charge >= 0.3 is 0 Å². The standard InChI is InChI=1S/C19H21Cl2N3S/c20-15-6-7-18(17(21)12-15)23-19(25)22-16-8-10-24(11-9-16)13-14-4-2-1-3-5-14/h1-7,12,16H,8-11,13H2,(H2,22,23,25). The number of rotatable bonds is 4. The molecule has 3 rings (SSSR count). The maximum Gasteiger partial charge on any atom is 0.171 e. The van der Waals surface area contributed by atoms with Crippen LogP contribution < -0.4 is 10.6 Å². The molecule has 0 radical (unpaired) electrons. The van der Waals surface area contributed by atoms with Crippen LogP contribution in [-0.4, -0.2) is 29.1 Å². The molecule has 6 heteroatoms. The fraction of sp³-hybridized carbons (Fsp3) is 0.316. The third-order valence-electron chi connectivity index (χ3n) is 4.35. The van der Waals surface area contributed by atoms with E-state index in [1.54, 1.807) is 12.1 Å². The maximum absolute atomic E-state index is 6.17. The van der Waals surface area contributed by atoms with Gasteiger partial charge in [0.2, 0.25) is 0 Å². The number of nitrogens with one attached hydrogen (secondary N) is 2. The summed E-state index contributed by atoms with van der Waals surface area (Å²) >= 11 is 17.5. The van der Waals surface area contributed by atoms with E-state index in [2.05, 4.69) is 45.9 Å². The van der Waals surface area contributed by atoms with E-state index in [0.717, 1.165) is 38.2 Å². The van der Waals surface area contributed by atoms with Gasteiger partial charge in [0.1, 0.15) is 0 Å². The van der Waals surface area contributed by atoms with Crippen LogP contribution in [0.2, 0.25) is 10.0 Å². The quantitative estimate of drug-likeness (QED) is 0.718. The molecule has 0 aromatic heterocycles. The Hall–Kier alpha value is -1.33. The van der Waals surface area contributed by atoms with Gasteiger partial charge in [-0.1, -0.05) is 53.5 Å². The lowest BCUT2D eigenvalue weighted by Gasteiger charge is -2.33. The highest BCUT2D eigenvalue weighted by molar-refractivity contribution is 7.80. The summed E-state index contributed by atoms with van der Waals surface area (Å²) in [5.41, 5.74) is 2.13. The fourth-order valence-corrected chi connectivity index (χ4v) is 3.74. The van der Waals surface area contributed by atoms with Crippen molar-refractivity contribution in [3.8, 4) is 0 Å². The Morgan fingerprint density at radius 1 is 1.08 bits per heavy atom. The SMILES string of the molecule is S=C(Nc1ccc(Cl)cc1Cl)NC1CCN(Cc2ccccc2)CC1. The normalized spacial score (nSPS) is 15.8. The van der Waals surface area contributed by atoms with Gasteiger partial charge in [0.05, 0.1) is 10.7 Å². The molecule has 1 fully saturated rings. The van der Waals surface area contributed by atoms with Crippen molar-refractivity contribution in [3.63, 3.8) is 0 Å². The molecule has 2 aromatic carbocycles. The van der Waals surface area contributed by atoms with Gasteiger partial charge in [-0.15, -0.1) is 0 Å². The van der Waals surface area contributed by atoms with Crippen LogP contribution in [0.5, 0.6) is 0 Å². The summed E-state index contributed by atoms with van der Waals surface area (Å²) in [7, 11) is 0. The maximum atomic E-state index is 6.17. The van der Waals surface area contributed by atoms with Gasteiger partial charge in [-0.25, -0.2) is 0 Å². The first-order valence-corrected chi connectivity index (χ1v) is 9.55. The third-order valence-corrected chi connectivity index (χ3v) is 5.12. The molecule has 0 spiro atoms. The smallest absolute Gasteiger partial charge is 0.171 e. The number of benzene rings is 2. The average Bonchev–Trinajstić information content (AvgIpc) is 2.60. The van der Waals surface area contributed by atoms with Crippen LogP contribution in [0.3, 0.4) is 0 Å². The summed E-state index contributed by atoms with van der Waals surface area (Å²) in [5, 5.41) is 8.33. The zero-order valence-electron chi connectivity index (χ0n) is 13.8. The molecule has 1 heterocycles. The van der Waals surface area contributed by atoms with Gasteiger partial charge in [0.15, 0.2) is 5.11 Å². The van der Waals surface area contributed by atoms with E-state index in [1.807, 2.05) is 6.07 Å². The summed E-state index contributed by atoms with van der Waals surface area (Å²) in [6, 6.07) is 16.3. The van der Waals surface area contributed by atoms with Gasteiger partial charge in [-0.3, -0.25) is 4.90 Å². The van der Waals surface area contributed by atoms with Crippen LogP contribution in [0.4, 0.5) is 5.69 Å². The highest BCUT2D eigenvalue weighted by Gasteiger charge is 2.20. The minimum atomic E-state index is 0.387. The predicted octanol–water partition coefficient (Wildman–Crippen LogP) is 4.94. The molecule has 0 atom stereocenters. The Morgan fingerprint density at radius 3 is 2.48 bits per heavy atom. The van der Waals surface area contributed by atoms with Crippen molar-refractivity contribution < 1.29 is 0 Å². The first kappa shape index (κ1) is 18.5. The number of hydrogen-bond acceptors (Lipinski definition) is 2. The van der Waals surface area contributed by atoms with Crippen LogP contribution in [0.1, 0.15) is 18.4 Å². The Morgan fingerprint density at radius 2 is 1.80 bits per heavy atom. The number of halogens is 2. The molecule has 1 saturated heterocycles. The van der Waals surface area contributed by atoms with E-state index in [9.17, 15) is 0 Å². The molecule has 3 nitrogen and oxygen atoms in total. The lowest BCUT2D eigenvalue weighted by Crippen LogP contribution is -2.45. The zero-order chi connectivity index (χ0) is 17.6. The lowest BCUT2D eigenvalue weighted by molar-refractivity contribution is 0.199. The minimum absolute atomic E-state index is 0.387. The second-order valence-electron chi connectivity index (χ2n) is 6.26. The topological polar surface area (TPSA) is 27.3 Å². The molecule has 132 valence electrons. The van der Waals surface area contributed by atoms with Crippen molar-refractivity contribution in [1.29, 1.82) is 0 Å². The minimum Gasteiger partial charge on any atom is -0.360 e. The number of likely N-dealkylation sites (tertiary alicyclic amines) is 1. The molecule has 0 aliphatic carbocycles. The zero-order valence-corrected chi connectivity index (χ0v) is 16.2. The summed E-state index contributed by atoms with van der Waals surface area (Å²) in [6.45, 7) is 3.14. The van der Waals surface area contributed by atoms with E-state index >= 15 is 0 Å². The van der Waals surface area contributed by atoms with Gasteiger partial charge in [0.25, 0.3) is 0 Å². The first-order valence-electron chi connectivity index (χ1n) is 8.39. The van der Waals surface area contributed by atoms with Crippen molar-refractivity contribution in [2.75, 3.05) is 18.4 Å². The van der Waals surface area contributed by atoms with E-state index in [4.69, 9.17) is 35.4 Å². The number of piperidine rings is 1. The Balaban J connectivity index is 1.44. The molecule has 2 N–H and O–H groups in total. The van der Waals surface area contributed by atoms with E-state index in [0.29, 0.717) is 21.2 Å². The highest BCUT2D eigenvalue weighted by atomic mass is 35.5. The Labute approximate surface area is 164 Å². The predicted molar refractivity (Wildman–Crippen MR) is 111 cm³/mol. The number of nitrogens with zero attached hydrogens (tertiary/aromatic N) is 1. The summed E-state index contributed by atoms with van der Waals surface area (Å²) < 4.78 is 0. The van der Waals surface area contributed by atoms with Gasteiger partial charge in [0, 0.05) is 30.7 Å². The summed E-state index contributed by atoms with van der Waals surface area (Å²) in [5.74, 6) is 0. The molecular formula is C19H21Cl2N3S. The van der Waals surface area contributed by atoms with Crippen molar-refractivity contribution in [3.05, 3.63) is 64.1 Å². The van der Waals surface area contributed by atoms with Crippen LogP contribution >= 0.6 is 35.4 Å². The van der Waals surface area contributed by atoms with Crippen LogP contribution in [-0.2, 0) is 6.54 Å². The molecule has 0 amide bonds. The molecule has 25 heavy (non-hydrogen) atoms. The largest absolute Gasteiger partial charge is 0.360 e. The molecule has 0 saturated carbocycles. The molecule has 1 aliphatic heterocycles. The summed E-state index contributed by atoms with van der Waals surface area (Å²) in [4.78, 5) is 2.49. The fourth-order valence-electron chi connectivity index (χ4n) is 3.01. The van der Waals surface area contributed by atoms with Gasteiger partial charge in [-0.2, -0.15) is 0 Å². The number of anilines is 1. The summed E-state index contributed by atoms with van der Waals surface area (Å²) in [6.07, 6.45) is 2.14. The van der Waals surface area contributed by atoms with Crippen molar-refractivity contribution >= 4 is 46.2 Å². The lowest BCUT2D eigenvalue weighted by atomic mass is 10.0. The van der Waals surface area contributed by atoms with E-state index in [1.165, 1.54) is 5.56 Å². The molecule has 0 unspecified atom stereocenters. The number of hydrogen-bond donors (Lipinski definition) is 2. The molecule has 0 bridgehead atoms. The van der Waals surface area contributed by atoms with Gasteiger partial charge in [-0.05, 0) is 48.8 Å². The third kappa shape index (κ3) is 5.58. The second kappa shape index (κ2) is 8.86. The van der Waals surface area contributed by atoms with Crippen LogP contribution in [0.25, 0.3) is 0 Å². The molecule has 2 aromatic rings. The van der Waals surface area contributed by atoms with Crippen molar-refractivity contribution in [1.82, 2.24) is 10.2 Å². The number of thiocarbonyl (C=S) groups is 1. The van der Waals surface area contributed by atoms with E-state index < -0.39 is 0 Å². The van der Waals surface area contributed by atoms with Crippen LogP contribution in [0, 0.1) is 0 Å². The van der Waals surface area contributed by atoms with E-state index in [-0.39, 0.29) is 0 Å². The Bertz CT molecular complexity index is 716. The first-order chi connectivity index (χ1) is 12.1. The highest BCUT2D eigenvalue weighted by Crippen LogP contribution is 2.25. The second-order valence-corrected chi connectivity index (χ2v) is 7.51. The van der Waals surface area contributed by atoms with Gasteiger partial charge < -0.3 is 10.6 Å². The monoisotopic (exact) mass is 393 g/mol. The molecule has 1 aliphatic rings. The van der Waals surface area contributed by atoms with Crippen LogP contribution in [0.15, 0.2) is 48.5 Å². The van der Waals surface area contributed by atoms with Crippen molar-refractivity contribution in [2.24, 2.45) is 0 Å². The van der Waals surface area contributed by atoms with Crippen molar-refractivity contribution in [2.45, 2.75) is 25.4 Å².